The molecule has 0 radical (unpaired) electrons. The van der Waals surface area contributed by atoms with Crippen molar-refractivity contribution in [3.63, 3.8) is 0 Å². The summed E-state index contributed by atoms with van der Waals surface area (Å²) in [7, 11) is 3.87. The summed E-state index contributed by atoms with van der Waals surface area (Å²) in [6.45, 7) is 4.03. The van der Waals surface area contributed by atoms with Crippen LogP contribution in [0, 0.1) is 6.92 Å². The zero-order valence-electron chi connectivity index (χ0n) is 16.7. The average molecular weight is 380 g/mol. The van der Waals surface area contributed by atoms with E-state index in [0.717, 1.165) is 28.9 Å². The van der Waals surface area contributed by atoms with Crippen LogP contribution in [-0.2, 0) is 16.1 Å². The van der Waals surface area contributed by atoms with Crippen LogP contribution in [0.5, 0.6) is 0 Å². The topological polar surface area (TPSA) is 73.5 Å². The summed E-state index contributed by atoms with van der Waals surface area (Å²) in [6, 6.07) is 13.6. The van der Waals surface area contributed by atoms with E-state index in [2.05, 4.69) is 22.0 Å². The van der Waals surface area contributed by atoms with Crippen LogP contribution in [0.15, 0.2) is 42.5 Å². The number of nitrogens with zero attached hydrogens (tertiary/aromatic N) is 1. The van der Waals surface area contributed by atoms with Gasteiger partial charge < -0.3 is 20.9 Å². The van der Waals surface area contributed by atoms with Crippen molar-refractivity contribution in [2.75, 3.05) is 37.8 Å². The zero-order chi connectivity index (χ0) is 20.1. The molecule has 0 saturated heterocycles. The third-order valence-electron chi connectivity index (χ3n) is 4.98. The van der Waals surface area contributed by atoms with E-state index in [1.54, 1.807) is 0 Å². The van der Waals surface area contributed by atoms with Crippen molar-refractivity contribution < 1.29 is 9.59 Å². The first-order chi connectivity index (χ1) is 13.4. The monoisotopic (exact) mass is 380 g/mol. The lowest BCUT2D eigenvalue weighted by Crippen LogP contribution is -2.35. The Morgan fingerprint density at radius 3 is 2.71 bits per heavy atom. The predicted octanol–water partition coefficient (Wildman–Crippen LogP) is 2.71. The molecule has 1 aliphatic heterocycles. The van der Waals surface area contributed by atoms with Crippen LogP contribution in [0.4, 0.5) is 11.4 Å². The van der Waals surface area contributed by atoms with Crippen LogP contribution in [0.2, 0.25) is 0 Å². The second kappa shape index (κ2) is 8.99. The lowest BCUT2D eigenvalue weighted by molar-refractivity contribution is -0.118. The van der Waals surface area contributed by atoms with Gasteiger partial charge in [0.05, 0.1) is 5.92 Å². The van der Waals surface area contributed by atoms with Gasteiger partial charge in [0, 0.05) is 37.4 Å². The molecule has 2 amide bonds. The van der Waals surface area contributed by atoms with Crippen molar-refractivity contribution in [2.45, 2.75) is 25.8 Å². The van der Waals surface area contributed by atoms with Crippen LogP contribution < -0.4 is 16.0 Å². The molecular weight excluding hydrogens is 352 g/mol. The van der Waals surface area contributed by atoms with Gasteiger partial charge in [-0.25, -0.2) is 0 Å². The molecule has 1 atom stereocenters. The number of rotatable bonds is 6. The molecule has 3 N–H and O–H groups in total. The highest BCUT2D eigenvalue weighted by molar-refractivity contribution is 5.98. The molecule has 2 aromatic carbocycles. The van der Waals surface area contributed by atoms with Gasteiger partial charge in [-0.05, 0) is 49.8 Å². The molecule has 6 nitrogen and oxygen atoms in total. The van der Waals surface area contributed by atoms with Gasteiger partial charge in [0.1, 0.15) is 0 Å². The summed E-state index contributed by atoms with van der Waals surface area (Å²) in [5.41, 5.74) is 4.60. The number of hydrogen-bond acceptors (Lipinski definition) is 4. The SMILES string of the molecule is Cc1ccc(NC(=O)C2CNCc3ccccc32)cc1NC(=O)CCN(C)C. The number of aryl methyl sites for hydroxylation is 1. The van der Waals surface area contributed by atoms with Gasteiger partial charge in [0.25, 0.3) is 0 Å². The number of anilines is 2. The van der Waals surface area contributed by atoms with Gasteiger partial charge in [-0.1, -0.05) is 30.3 Å². The maximum absolute atomic E-state index is 12.9. The van der Waals surface area contributed by atoms with E-state index in [0.29, 0.717) is 25.2 Å². The summed E-state index contributed by atoms with van der Waals surface area (Å²) in [5, 5.41) is 9.26. The van der Waals surface area contributed by atoms with Crippen LogP contribution in [0.3, 0.4) is 0 Å². The van der Waals surface area contributed by atoms with Crippen molar-refractivity contribution in [3.05, 3.63) is 59.2 Å². The van der Waals surface area contributed by atoms with E-state index < -0.39 is 0 Å². The van der Waals surface area contributed by atoms with E-state index in [1.165, 1.54) is 0 Å². The highest BCUT2D eigenvalue weighted by Gasteiger charge is 2.26. The summed E-state index contributed by atoms with van der Waals surface area (Å²) in [6.07, 6.45) is 0.424. The third-order valence-corrected chi connectivity index (χ3v) is 4.98. The fourth-order valence-electron chi connectivity index (χ4n) is 3.33. The molecule has 1 aliphatic rings. The molecule has 0 fully saturated rings. The lowest BCUT2D eigenvalue weighted by atomic mass is 9.90. The van der Waals surface area contributed by atoms with Crippen molar-refractivity contribution in [2.24, 2.45) is 0 Å². The Hall–Kier alpha value is -2.70. The fourth-order valence-corrected chi connectivity index (χ4v) is 3.33. The normalized spacial score (nSPS) is 15.8. The molecule has 0 spiro atoms. The number of fused-ring (bicyclic) bond motifs is 1. The minimum atomic E-state index is -0.232. The van der Waals surface area contributed by atoms with Crippen molar-refractivity contribution >= 4 is 23.2 Å². The second-order valence-electron chi connectivity index (χ2n) is 7.50. The third kappa shape index (κ3) is 4.97. The average Bonchev–Trinajstić information content (AvgIpc) is 2.68. The first-order valence-corrected chi connectivity index (χ1v) is 9.58. The van der Waals surface area contributed by atoms with Gasteiger partial charge in [0.15, 0.2) is 0 Å². The number of hydrogen-bond donors (Lipinski definition) is 3. The highest BCUT2D eigenvalue weighted by atomic mass is 16.2. The largest absolute Gasteiger partial charge is 0.326 e. The molecule has 148 valence electrons. The summed E-state index contributed by atoms with van der Waals surface area (Å²) >= 11 is 0. The Morgan fingerprint density at radius 2 is 1.93 bits per heavy atom. The van der Waals surface area contributed by atoms with Crippen LogP contribution in [0.25, 0.3) is 0 Å². The zero-order valence-corrected chi connectivity index (χ0v) is 16.7. The Kier molecular flexibility index (Phi) is 6.44. The van der Waals surface area contributed by atoms with Gasteiger partial charge >= 0.3 is 0 Å². The molecule has 0 aliphatic carbocycles. The number of nitrogens with one attached hydrogen (secondary N) is 3. The molecule has 28 heavy (non-hydrogen) atoms. The molecular formula is C22H28N4O2. The number of benzene rings is 2. The van der Waals surface area contributed by atoms with Gasteiger partial charge in [-0.2, -0.15) is 0 Å². The van der Waals surface area contributed by atoms with Crippen molar-refractivity contribution in [1.29, 1.82) is 0 Å². The lowest BCUT2D eigenvalue weighted by Gasteiger charge is -2.25. The maximum atomic E-state index is 12.9. The van der Waals surface area contributed by atoms with E-state index in [-0.39, 0.29) is 17.7 Å². The first kappa shape index (κ1) is 20.0. The molecule has 1 unspecified atom stereocenters. The molecule has 0 bridgehead atoms. The highest BCUT2D eigenvalue weighted by Crippen LogP contribution is 2.26. The molecule has 2 aromatic rings. The number of carbonyl (C=O) groups is 2. The summed E-state index contributed by atoms with van der Waals surface area (Å²) in [4.78, 5) is 27.0. The number of amides is 2. The Morgan fingerprint density at radius 1 is 1.14 bits per heavy atom. The molecule has 0 saturated carbocycles. The maximum Gasteiger partial charge on any atom is 0.233 e. The Balaban J connectivity index is 1.70. The van der Waals surface area contributed by atoms with Crippen molar-refractivity contribution in [3.8, 4) is 0 Å². The smallest absolute Gasteiger partial charge is 0.233 e. The van der Waals surface area contributed by atoms with E-state index in [1.807, 2.05) is 62.3 Å². The van der Waals surface area contributed by atoms with E-state index >= 15 is 0 Å². The summed E-state index contributed by atoms with van der Waals surface area (Å²) in [5.74, 6) is -0.316. The van der Waals surface area contributed by atoms with Crippen LogP contribution >= 0.6 is 0 Å². The fraction of sp³-hybridized carbons (Fsp3) is 0.364. The minimum absolute atomic E-state index is 0.0364. The summed E-state index contributed by atoms with van der Waals surface area (Å²) < 4.78 is 0. The van der Waals surface area contributed by atoms with Gasteiger partial charge in [-0.15, -0.1) is 0 Å². The van der Waals surface area contributed by atoms with Crippen LogP contribution in [0.1, 0.15) is 29.0 Å². The molecule has 6 heteroatoms. The first-order valence-electron chi connectivity index (χ1n) is 9.58. The Labute approximate surface area is 166 Å². The quantitative estimate of drug-likeness (QED) is 0.720. The van der Waals surface area contributed by atoms with Gasteiger partial charge in [-0.3, -0.25) is 9.59 Å². The molecule has 3 rings (SSSR count). The van der Waals surface area contributed by atoms with Crippen molar-refractivity contribution in [1.82, 2.24) is 10.2 Å². The van der Waals surface area contributed by atoms with Gasteiger partial charge in [0.2, 0.25) is 11.8 Å². The molecule has 0 aromatic heterocycles. The Bertz CT molecular complexity index is 863. The van der Waals surface area contributed by atoms with Crippen LogP contribution in [-0.4, -0.2) is 43.9 Å². The van der Waals surface area contributed by atoms with E-state index in [4.69, 9.17) is 0 Å². The predicted molar refractivity (Wildman–Crippen MR) is 112 cm³/mol. The second-order valence-corrected chi connectivity index (χ2v) is 7.50. The van der Waals surface area contributed by atoms with E-state index in [9.17, 15) is 9.59 Å². The standard InChI is InChI=1S/C22H28N4O2/c1-15-8-9-17(12-20(15)25-21(27)10-11-26(2)3)24-22(28)19-14-23-13-16-6-4-5-7-18(16)19/h4-9,12,19,23H,10-11,13-14H2,1-3H3,(H,24,28)(H,25,27). The molecule has 1 heterocycles. The minimum Gasteiger partial charge on any atom is -0.326 e. The number of carbonyl (C=O) groups excluding carboxylic acids is 2.